The van der Waals surface area contributed by atoms with Gasteiger partial charge in [-0.1, -0.05) is 11.6 Å². The molecule has 19 heavy (non-hydrogen) atoms. The van der Waals surface area contributed by atoms with E-state index in [2.05, 4.69) is 5.32 Å². The summed E-state index contributed by atoms with van der Waals surface area (Å²) < 4.78 is 5.20. The molecule has 0 aliphatic rings. The minimum Gasteiger partial charge on any atom is -0.495 e. The van der Waals surface area contributed by atoms with E-state index in [1.165, 1.54) is 18.4 Å². The lowest BCUT2D eigenvalue weighted by Crippen LogP contribution is -2.12. The number of rotatable bonds is 3. The third-order valence-electron chi connectivity index (χ3n) is 2.63. The summed E-state index contributed by atoms with van der Waals surface area (Å²) in [6.07, 6.45) is 0. The SMILES string of the molecule is COc1cc(Cl)c(C)cc1NC(=O)c1sccc1N. The Morgan fingerprint density at radius 2 is 2.21 bits per heavy atom. The Kier molecular flexibility index (Phi) is 3.97. The fourth-order valence-electron chi connectivity index (χ4n) is 1.61. The molecule has 2 aromatic rings. The molecule has 2 rings (SSSR count). The maximum Gasteiger partial charge on any atom is 0.267 e. The van der Waals surface area contributed by atoms with Crippen molar-refractivity contribution in [3.05, 3.63) is 39.0 Å². The molecular weight excluding hydrogens is 284 g/mol. The molecule has 6 heteroatoms. The predicted molar refractivity (Wildman–Crippen MR) is 79.4 cm³/mol. The van der Waals surface area contributed by atoms with Crippen LogP contribution < -0.4 is 15.8 Å². The number of anilines is 2. The number of benzene rings is 1. The van der Waals surface area contributed by atoms with E-state index in [-0.39, 0.29) is 5.91 Å². The fourth-order valence-corrected chi connectivity index (χ4v) is 2.48. The van der Waals surface area contributed by atoms with Crippen LogP contribution >= 0.6 is 22.9 Å². The van der Waals surface area contributed by atoms with Gasteiger partial charge in [0.05, 0.1) is 18.5 Å². The van der Waals surface area contributed by atoms with E-state index in [1.54, 1.807) is 23.6 Å². The van der Waals surface area contributed by atoms with Gasteiger partial charge < -0.3 is 15.8 Å². The average molecular weight is 297 g/mol. The predicted octanol–water partition coefficient (Wildman–Crippen LogP) is 3.55. The first kappa shape index (κ1) is 13.7. The standard InChI is InChI=1S/C13H13ClN2O2S/c1-7-5-10(11(18-2)6-8(7)14)16-13(17)12-9(15)3-4-19-12/h3-6H,15H2,1-2H3,(H,16,17). The molecule has 0 aliphatic carbocycles. The number of aryl methyl sites for hydroxylation is 1. The van der Waals surface area contributed by atoms with Crippen molar-refractivity contribution in [2.45, 2.75) is 6.92 Å². The first-order valence-corrected chi connectivity index (χ1v) is 6.77. The number of nitrogens with two attached hydrogens (primary N) is 1. The number of nitrogen functional groups attached to an aromatic ring is 1. The summed E-state index contributed by atoms with van der Waals surface area (Å²) in [7, 11) is 1.52. The van der Waals surface area contributed by atoms with Crippen LogP contribution in [0.25, 0.3) is 0 Å². The second kappa shape index (κ2) is 5.50. The maximum absolute atomic E-state index is 12.1. The minimum absolute atomic E-state index is 0.257. The number of carbonyl (C=O) groups excluding carboxylic acids is 1. The highest BCUT2D eigenvalue weighted by Gasteiger charge is 2.14. The van der Waals surface area contributed by atoms with Crippen LogP contribution in [0, 0.1) is 6.92 Å². The van der Waals surface area contributed by atoms with E-state index in [4.69, 9.17) is 22.1 Å². The smallest absolute Gasteiger partial charge is 0.267 e. The van der Waals surface area contributed by atoms with Crippen molar-refractivity contribution < 1.29 is 9.53 Å². The number of halogens is 1. The number of carbonyl (C=O) groups is 1. The molecule has 0 atom stereocenters. The summed E-state index contributed by atoms with van der Waals surface area (Å²) in [5, 5.41) is 5.14. The molecule has 0 aliphatic heterocycles. The lowest BCUT2D eigenvalue weighted by molar-refractivity contribution is 0.103. The van der Waals surface area contributed by atoms with Gasteiger partial charge in [-0.05, 0) is 30.0 Å². The highest BCUT2D eigenvalue weighted by molar-refractivity contribution is 7.12. The van der Waals surface area contributed by atoms with Crippen molar-refractivity contribution in [2.75, 3.05) is 18.2 Å². The van der Waals surface area contributed by atoms with Crippen LogP contribution in [0.1, 0.15) is 15.2 Å². The molecule has 0 unspecified atom stereocenters. The van der Waals surface area contributed by atoms with Gasteiger partial charge in [0.2, 0.25) is 0 Å². The summed E-state index contributed by atoms with van der Waals surface area (Å²) in [5.41, 5.74) is 7.61. The van der Waals surface area contributed by atoms with Crippen molar-refractivity contribution in [3.8, 4) is 5.75 Å². The van der Waals surface area contributed by atoms with E-state index in [0.717, 1.165) is 5.56 Å². The molecule has 1 amide bonds. The Hall–Kier alpha value is -1.72. The number of ether oxygens (including phenoxy) is 1. The van der Waals surface area contributed by atoms with Gasteiger partial charge in [0.25, 0.3) is 5.91 Å². The quantitative estimate of drug-likeness (QED) is 0.910. The largest absolute Gasteiger partial charge is 0.495 e. The van der Waals surface area contributed by atoms with Gasteiger partial charge in [-0.3, -0.25) is 4.79 Å². The molecule has 3 N–H and O–H groups in total. The summed E-state index contributed by atoms with van der Waals surface area (Å²) >= 11 is 7.31. The van der Waals surface area contributed by atoms with Crippen molar-refractivity contribution in [2.24, 2.45) is 0 Å². The van der Waals surface area contributed by atoms with Crippen LogP contribution in [0.3, 0.4) is 0 Å². The van der Waals surface area contributed by atoms with Crippen LogP contribution in [0.2, 0.25) is 5.02 Å². The number of thiophene rings is 1. The Balaban J connectivity index is 2.31. The Labute approximate surface area is 120 Å². The third-order valence-corrected chi connectivity index (χ3v) is 3.97. The molecule has 0 fully saturated rings. The molecule has 1 aromatic carbocycles. The Morgan fingerprint density at radius 1 is 1.47 bits per heavy atom. The third kappa shape index (κ3) is 2.83. The van der Waals surface area contributed by atoms with Gasteiger partial charge in [0.15, 0.2) is 0 Å². The molecule has 0 saturated heterocycles. The molecule has 0 spiro atoms. The van der Waals surface area contributed by atoms with Crippen molar-refractivity contribution >= 4 is 40.2 Å². The first-order chi connectivity index (χ1) is 9.02. The molecular formula is C13H13ClN2O2S. The van der Waals surface area contributed by atoms with Crippen LogP contribution in [-0.4, -0.2) is 13.0 Å². The topological polar surface area (TPSA) is 64.3 Å². The number of hydrogen-bond donors (Lipinski definition) is 2. The minimum atomic E-state index is -0.257. The Bertz CT molecular complexity index is 625. The van der Waals surface area contributed by atoms with E-state index in [9.17, 15) is 4.79 Å². The first-order valence-electron chi connectivity index (χ1n) is 5.51. The van der Waals surface area contributed by atoms with Crippen LogP contribution in [0.4, 0.5) is 11.4 Å². The van der Waals surface area contributed by atoms with E-state index in [1.807, 2.05) is 6.92 Å². The monoisotopic (exact) mass is 296 g/mol. The maximum atomic E-state index is 12.1. The van der Waals surface area contributed by atoms with Crippen molar-refractivity contribution in [1.82, 2.24) is 0 Å². The van der Waals surface area contributed by atoms with Crippen LogP contribution in [-0.2, 0) is 0 Å². The van der Waals surface area contributed by atoms with E-state index in [0.29, 0.717) is 27.0 Å². The number of methoxy groups -OCH3 is 1. The van der Waals surface area contributed by atoms with Gasteiger partial charge in [-0.25, -0.2) is 0 Å². The molecule has 4 nitrogen and oxygen atoms in total. The van der Waals surface area contributed by atoms with Gasteiger partial charge in [0, 0.05) is 11.1 Å². The lowest BCUT2D eigenvalue weighted by atomic mass is 10.2. The zero-order chi connectivity index (χ0) is 14.0. The van der Waals surface area contributed by atoms with Crippen molar-refractivity contribution in [1.29, 1.82) is 0 Å². The average Bonchev–Trinajstić information content (AvgIpc) is 2.79. The van der Waals surface area contributed by atoms with E-state index < -0.39 is 0 Å². The molecule has 0 saturated carbocycles. The lowest BCUT2D eigenvalue weighted by Gasteiger charge is -2.12. The molecule has 0 radical (unpaired) electrons. The summed E-state index contributed by atoms with van der Waals surface area (Å²) in [6, 6.07) is 5.14. The van der Waals surface area contributed by atoms with Gasteiger partial charge in [0.1, 0.15) is 10.6 Å². The second-order valence-electron chi connectivity index (χ2n) is 3.96. The number of hydrogen-bond acceptors (Lipinski definition) is 4. The zero-order valence-corrected chi connectivity index (χ0v) is 12.1. The van der Waals surface area contributed by atoms with Gasteiger partial charge in [-0.2, -0.15) is 0 Å². The second-order valence-corrected chi connectivity index (χ2v) is 5.28. The normalized spacial score (nSPS) is 10.3. The summed E-state index contributed by atoms with van der Waals surface area (Å²) in [4.78, 5) is 12.6. The van der Waals surface area contributed by atoms with Crippen LogP contribution in [0.15, 0.2) is 23.6 Å². The molecule has 100 valence electrons. The molecule has 0 bridgehead atoms. The Morgan fingerprint density at radius 3 is 2.79 bits per heavy atom. The summed E-state index contributed by atoms with van der Waals surface area (Å²) in [6.45, 7) is 1.86. The molecule has 1 aromatic heterocycles. The van der Waals surface area contributed by atoms with Crippen molar-refractivity contribution in [3.63, 3.8) is 0 Å². The zero-order valence-electron chi connectivity index (χ0n) is 10.5. The summed E-state index contributed by atoms with van der Waals surface area (Å²) in [5.74, 6) is 0.256. The van der Waals surface area contributed by atoms with Crippen LogP contribution in [0.5, 0.6) is 5.75 Å². The van der Waals surface area contributed by atoms with E-state index >= 15 is 0 Å². The highest BCUT2D eigenvalue weighted by Crippen LogP contribution is 2.32. The van der Waals surface area contributed by atoms with Gasteiger partial charge in [-0.15, -0.1) is 11.3 Å². The fraction of sp³-hybridized carbons (Fsp3) is 0.154. The number of nitrogens with one attached hydrogen (secondary N) is 1. The molecule has 1 heterocycles. The highest BCUT2D eigenvalue weighted by atomic mass is 35.5. The van der Waals surface area contributed by atoms with Gasteiger partial charge >= 0.3 is 0 Å². The number of amides is 1.